The number of nitrogens with one attached hydrogen (secondary N) is 1. The molecule has 0 bridgehead atoms. The van der Waals surface area contributed by atoms with Gasteiger partial charge in [0.1, 0.15) is 5.54 Å². The SMILES string of the molecule is CCCN(CC(C)(C#N)NC(C)C)C1CC1. The molecule has 0 aromatic carbocycles. The Bertz CT molecular complexity index is 252. The van der Waals surface area contributed by atoms with E-state index in [9.17, 15) is 5.26 Å². The van der Waals surface area contributed by atoms with Gasteiger partial charge in [0.15, 0.2) is 0 Å². The summed E-state index contributed by atoms with van der Waals surface area (Å²) in [5, 5.41) is 12.7. The van der Waals surface area contributed by atoms with Crippen LogP contribution in [-0.2, 0) is 0 Å². The van der Waals surface area contributed by atoms with Crippen LogP contribution in [0.25, 0.3) is 0 Å². The smallest absolute Gasteiger partial charge is 0.116 e. The van der Waals surface area contributed by atoms with Crippen LogP contribution >= 0.6 is 0 Å². The summed E-state index contributed by atoms with van der Waals surface area (Å²) in [6.07, 6.45) is 3.78. The molecule has 1 N–H and O–H groups in total. The molecule has 0 heterocycles. The summed E-state index contributed by atoms with van der Waals surface area (Å²) < 4.78 is 0. The van der Waals surface area contributed by atoms with Crippen LogP contribution in [0.5, 0.6) is 0 Å². The van der Waals surface area contributed by atoms with Gasteiger partial charge in [0, 0.05) is 18.6 Å². The quantitative estimate of drug-likeness (QED) is 0.718. The highest BCUT2D eigenvalue weighted by Crippen LogP contribution is 2.28. The normalized spacial score (nSPS) is 19.8. The van der Waals surface area contributed by atoms with E-state index < -0.39 is 5.54 Å². The number of hydrogen-bond acceptors (Lipinski definition) is 3. The number of nitrogens with zero attached hydrogens (tertiary/aromatic N) is 2. The van der Waals surface area contributed by atoms with Crippen molar-refractivity contribution in [2.45, 2.75) is 64.6 Å². The molecule has 16 heavy (non-hydrogen) atoms. The Hall–Kier alpha value is -0.590. The lowest BCUT2D eigenvalue weighted by Gasteiger charge is -2.32. The van der Waals surface area contributed by atoms with Gasteiger partial charge in [-0.3, -0.25) is 10.2 Å². The van der Waals surface area contributed by atoms with E-state index >= 15 is 0 Å². The zero-order valence-electron chi connectivity index (χ0n) is 11.1. The highest BCUT2D eigenvalue weighted by molar-refractivity contribution is 5.07. The maximum Gasteiger partial charge on any atom is 0.116 e. The minimum absolute atomic E-state index is 0.354. The van der Waals surface area contributed by atoms with Crippen LogP contribution in [0, 0.1) is 11.3 Å². The molecule has 1 atom stereocenters. The first-order chi connectivity index (χ1) is 7.50. The fraction of sp³-hybridized carbons (Fsp3) is 0.923. The average molecular weight is 223 g/mol. The lowest BCUT2D eigenvalue weighted by Crippen LogP contribution is -2.53. The van der Waals surface area contributed by atoms with Gasteiger partial charge in [-0.15, -0.1) is 0 Å². The molecule has 1 saturated carbocycles. The second-order valence-corrected chi connectivity index (χ2v) is 5.44. The molecule has 0 spiro atoms. The number of rotatable bonds is 7. The third kappa shape index (κ3) is 4.11. The van der Waals surface area contributed by atoms with Crippen LogP contribution < -0.4 is 5.32 Å². The van der Waals surface area contributed by atoms with Crippen molar-refractivity contribution in [1.29, 1.82) is 5.26 Å². The molecule has 0 aliphatic heterocycles. The van der Waals surface area contributed by atoms with Crippen LogP contribution in [0.1, 0.15) is 47.0 Å². The fourth-order valence-electron chi connectivity index (χ4n) is 2.27. The highest BCUT2D eigenvalue weighted by Gasteiger charge is 2.34. The second kappa shape index (κ2) is 5.65. The molecule has 92 valence electrons. The summed E-state index contributed by atoms with van der Waals surface area (Å²) in [6.45, 7) is 10.4. The van der Waals surface area contributed by atoms with Gasteiger partial charge in [0.25, 0.3) is 0 Å². The van der Waals surface area contributed by atoms with Crippen molar-refractivity contribution in [1.82, 2.24) is 10.2 Å². The van der Waals surface area contributed by atoms with Gasteiger partial charge in [-0.25, -0.2) is 0 Å². The molecule has 1 aliphatic rings. The van der Waals surface area contributed by atoms with Gasteiger partial charge in [-0.2, -0.15) is 5.26 Å². The van der Waals surface area contributed by atoms with Crippen molar-refractivity contribution in [3.8, 4) is 6.07 Å². The topological polar surface area (TPSA) is 39.1 Å². The van der Waals surface area contributed by atoms with Gasteiger partial charge in [0.2, 0.25) is 0 Å². The number of hydrogen-bond donors (Lipinski definition) is 1. The first-order valence-corrected chi connectivity index (χ1v) is 6.43. The van der Waals surface area contributed by atoms with Crippen molar-refractivity contribution in [3.63, 3.8) is 0 Å². The summed E-state index contributed by atoms with van der Waals surface area (Å²) in [4.78, 5) is 2.47. The first kappa shape index (κ1) is 13.5. The second-order valence-electron chi connectivity index (χ2n) is 5.44. The average Bonchev–Trinajstić information content (AvgIpc) is 2.99. The Morgan fingerprint density at radius 1 is 1.50 bits per heavy atom. The van der Waals surface area contributed by atoms with Crippen LogP contribution in [-0.4, -0.2) is 35.6 Å². The Morgan fingerprint density at radius 3 is 2.50 bits per heavy atom. The van der Waals surface area contributed by atoms with Gasteiger partial charge in [-0.1, -0.05) is 6.92 Å². The van der Waals surface area contributed by atoms with Crippen LogP contribution in [0.4, 0.5) is 0 Å². The van der Waals surface area contributed by atoms with Crippen molar-refractivity contribution in [2.24, 2.45) is 0 Å². The molecule has 0 radical (unpaired) electrons. The van der Waals surface area contributed by atoms with Crippen molar-refractivity contribution in [2.75, 3.05) is 13.1 Å². The van der Waals surface area contributed by atoms with Crippen LogP contribution in [0.15, 0.2) is 0 Å². The van der Waals surface area contributed by atoms with E-state index in [4.69, 9.17) is 0 Å². The molecule has 3 nitrogen and oxygen atoms in total. The summed E-state index contributed by atoms with van der Waals surface area (Å²) in [6, 6.07) is 3.52. The maximum absolute atomic E-state index is 9.31. The van der Waals surface area contributed by atoms with Gasteiger partial charge in [0.05, 0.1) is 6.07 Å². The summed E-state index contributed by atoms with van der Waals surface area (Å²) in [7, 11) is 0. The Kier molecular flexibility index (Phi) is 4.76. The molecule has 1 unspecified atom stereocenters. The largest absolute Gasteiger partial charge is 0.298 e. The molecule has 0 aromatic rings. The summed E-state index contributed by atoms with van der Waals surface area (Å²) in [5.74, 6) is 0. The Labute approximate surface area is 99.8 Å². The van der Waals surface area contributed by atoms with Crippen LogP contribution in [0.2, 0.25) is 0 Å². The summed E-state index contributed by atoms with van der Waals surface area (Å²) in [5.41, 5.74) is -0.411. The predicted molar refractivity (Wildman–Crippen MR) is 67.2 cm³/mol. The van der Waals surface area contributed by atoms with E-state index in [-0.39, 0.29) is 0 Å². The van der Waals surface area contributed by atoms with E-state index in [1.807, 2.05) is 6.92 Å². The highest BCUT2D eigenvalue weighted by atomic mass is 15.2. The van der Waals surface area contributed by atoms with Gasteiger partial charge < -0.3 is 0 Å². The molecule has 0 saturated heterocycles. The lowest BCUT2D eigenvalue weighted by molar-refractivity contribution is 0.205. The third-order valence-corrected chi connectivity index (χ3v) is 2.95. The summed E-state index contributed by atoms with van der Waals surface area (Å²) >= 11 is 0. The predicted octanol–water partition coefficient (Wildman–Crippen LogP) is 2.14. The monoisotopic (exact) mass is 223 g/mol. The molecular formula is C13H25N3. The van der Waals surface area contributed by atoms with E-state index in [1.165, 1.54) is 19.3 Å². The molecule has 0 aromatic heterocycles. The zero-order valence-corrected chi connectivity index (χ0v) is 11.1. The minimum atomic E-state index is -0.411. The van der Waals surface area contributed by atoms with E-state index in [0.717, 1.165) is 19.1 Å². The third-order valence-electron chi connectivity index (χ3n) is 2.95. The fourth-order valence-corrected chi connectivity index (χ4v) is 2.27. The standard InChI is InChI=1S/C13H25N3/c1-5-8-16(12-6-7-12)10-13(4,9-14)15-11(2)3/h11-12,15H,5-8,10H2,1-4H3. The number of nitriles is 1. The van der Waals surface area contributed by atoms with Gasteiger partial charge in [-0.05, 0) is 46.6 Å². The first-order valence-electron chi connectivity index (χ1n) is 6.43. The molecular weight excluding hydrogens is 198 g/mol. The minimum Gasteiger partial charge on any atom is -0.298 e. The lowest BCUT2D eigenvalue weighted by atomic mass is 10.0. The van der Waals surface area contributed by atoms with Gasteiger partial charge >= 0.3 is 0 Å². The van der Waals surface area contributed by atoms with E-state index in [1.54, 1.807) is 0 Å². The van der Waals surface area contributed by atoms with Crippen LogP contribution in [0.3, 0.4) is 0 Å². The molecule has 1 rings (SSSR count). The molecule has 1 fully saturated rings. The molecule has 3 heteroatoms. The molecule has 1 aliphatic carbocycles. The Balaban J connectivity index is 2.55. The zero-order chi connectivity index (χ0) is 12.2. The van der Waals surface area contributed by atoms with E-state index in [2.05, 4.69) is 37.1 Å². The molecule has 0 amide bonds. The Morgan fingerprint density at radius 2 is 2.12 bits per heavy atom. The van der Waals surface area contributed by atoms with Crippen molar-refractivity contribution < 1.29 is 0 Å². The van der Waals surface area contributed by atoms with Crippen molar-refractivity contribution in [3.05, 3.63) is 0 Å². The van der Waals surface area contributed by atoms with E-state index in [0.29, 0.717) is 6.04 Å². The maximum atomic E-state index is 9.31. The van der Waals surface area contributed by atoms with Crippen molar-refractivity contribution >= 4 is 0 Å².